The van der Waals surface area contributed by atoms with Crippen LogP contribution in [0.5, 0.6) is 0 Å². The molecule has 1 atom stereocenters. The highest BCUT2D eigenvalue weighted by molar-refractivity contribution is 5.94. The first kappa shape index (κ1) is 18.9. The largest absolute Gasteiger partial charge is 0.378 e. The fourth-order valence-electron chi connectivity index (χ4n) is 3.86. The summed E-state index contributed by atoms with van der Waals surface area (Å²) in [5.41, 5.74) is 0.827. The van der Waals surface area contributed by atoms with Crippen molar-refractivity contribution >= 4 is 17.5 Å². The number of carbonyl (C=O) groups is 2. The van der Waals surface area contributed by atoms with Crippen molar-refractivity contribution in [2.24, 2.45) is 5.92 Å². The number of ether oxygens (including phenoxy) is 1. The Labute approximate surface area is 155 Å². The lowest BCUT2D eigenvalue weighted by atomic mass is 9.93. The molecule has 2 heterocycles. The molecule has 2 amide bonds. The first-order valence-corrected chi connectivity index (χ1v) is 9.65. The summed E-state index contributed by atoms with van der Waals surface area (Å²) in [5.74, 6) is 0.380. The van der Waals surface area contributed by atoms with Crippen LogP contribution in [0.2, 0.25) is 0 Å². The molecule has 0 aromatic heterocycles. The maximum atomic E-state index is 12.7. The van der Waals surface area contributed by atoms with Crippen LogP contribution in [0.25, 0.3) is 0 Å². The third-order valence-electron chi connectivity index (χ3n) is 5.37. The van der Waals surface area contributed by atoms with Gasteiger partial charge >= 0.3 is 0 Å². The lowest BCUT2D eigenvalue weighted by molar-refractivity contribution is -0.141. The van der Waals surface area contributed by atoms with Crippen LogP contribution >= 0.6 is 0 Å². The summed E-state index contributed by atoms with van der Waals surface area (Å²) in [4.78, 5) is 29.5. The number of likely N-dealkylation sites (tertiary alicyclic amines) is 1. The Kier molecular flexibility index (Phi) is 6.63. The highest BCUT2D eigenvalue weighted by Crippen LogP contribution is 2.23. The first-order valence-electron chi connectivity index (χ1n) is 9.65. The Bertz CT molecular complexity index is 594. The second-order valence-electron chi connectivity index (χ2n) is 7.03. The first-order chi connectivity index (χ1) is 12.7. The van der Waals surface area contributed by atoms with Crippen molar-refractivity contribution in [2.45, 2.75) is 32.2 Å². The average molecular weight is 359 g/mol. The lowest BCUT2D eigenvalue weighted by Crippen LogP contribution is -2.50. The maximum Gasteiger partial charge on any atom is 0.241 e. The van der Waals surface area contributed by atoms with Crippen LogP contribution in [-0.2, 0) is 14.3 Å². The van der Waals surface area contributed by atoms with E-state index < -0.39 is 0 Å². The SMILES string of the molecule is CC[C@@H](C(=O)Nc1ccccc1)N1CCC(C(=O)N2CCOCC2)CC1. The molecule has 2 aliphatic rings. The van der Waals surface area contributed by atoms with E-state index in [9.17, 15) is 9.59 Å². The van der Waals surface area contributed by atoms with E-state index in [1.165, 1.54) is 0 Å². The molecule has 1 N–H and O–H groups in total. The molecule has 0 unspecified atom stereocenters. The number of benzene rings is 1. The molecule has 2 fully saturated rings. The van der Waals surface area contributed by atoms with E-state index in [1.54, 1.807) is 0 Å². The van der Waals surface area contributed by atoms with E-state index in [1.807, 2.05) is 42.2 Å². The molecule has 0 aliphatic carbocycles. The van der Waals surface area contributed by atoms with Crippen LogP contribution in [0, 0.1) is 5.92 Å². The van der Waals surface area contributed by atoms with E-state index in [4.69, 9.17) is 4.74 Å². The molecule has 3 rings (SSSR count). The summed E-state index contributed by atoms with van der Waals surface area (Å²) in [5, 5.41) is 3.01. The molecule has 6 nitrogen and oxygen atoms in total. The highest BCUT2D eigenvalue weighted by Gasteiger charge is 2.33. The van der Waals surface area contributed by atoms with Crippen molar-refractivity contribution < 1.29 is 14.3 Å². The summed E-state index contributed by atoms with van der Waals surface area (Å²) >= 11 is 0. The molecule has 0 radical (unpaired) electrons. The molecule has 1 aromatic rings. The standard InChI is InChI=1S/C20H29N3O3/c1-2-18(19(24)21-17-6-4-3-5-7-17)22-10-8-16(9-11-22)20(25)23-12-14-26-15-13-23/h3-7,16,18H,2,8-15H2,1H3,(H,21,24)/t18-/m0/s1. The topological polar surface area (TPSA) is 61.9 Å². The van der Waals surface area contributed by atoms with E-state index in [2.05, 4.69) is 10.2 Å². The number of hydrogen-bond donors (Lipinski definition) is 1. The Morgan fingerprint density at radius 2 is 1.77 bits per heavy atom. The van der Waals surface area contributed by atoms with Gasteiger partial charge in [-0.25, -0.2) is 0 Å². The predicted molar refractivity (Wildman–Crippen MR) is 101 cm³/mol. The van der Waals surface area contributed by atoms with Gasteiger partial charge < -0.3 is 15.0 Å². The minimum Gasteiger partial charge on any atom is -0.378 e. The summed E-state index contributed by atoms with van der Waals surface area (Å²) < 4.78 is 5.33. The molecular formula is C20H29N3O3. The van der Waals surface area contributed by atoms with Gasteiger partial charge in [-0.1, -0.05) is 25.1 Å². The molecule has 2 aliphatic heterocycles. The Balaban J connectivity index is 1.52. The second-order valence-corrected chi connectivity index (χ2v) is 7.03. The van der Waals surface area contributed by atoms with E-state index in [-0.39, 0.29) is 23.8 Å². The van der Waals surface area contributed by atoms with Gasteiger partial charge in [0.25, 0.3) is 0 Å². The third kappa shape index (κ3) is 4.62. The smallest absolute Gasteiger partial charge is 0.241 e. The number of piperidine rings is 1. The fraction of sp³-hybridized carbons (Fsp3) is 0.600. The van der Waals surface area contributed by atoms with Gasteiger partial charge in [0.15, 0.2) is 0 Å². The molecule has 2 saturated heterocycles. The number of morpholine rings is 1. The van der Waals surface area contributed by atoms with Gasteiger partial charge in [0.05, 0.1) is 19.3 Å². The third-order valence-corrected chi connectivity index (χ3v) is 5.37. The minimum absolute atomic E-state index is 0.0386. The number of rotatable bonds is 5. The van der Waals surface area contributed by atoms with Crippen molar-refractivity contribution in [2.75, 3.05) is 44.7 Å². The Hall–Kier alpha value is -1.92. The molecule has 6 heteroatoms. The molecule has 0 spiro atoms. The number of amides is 2. The molecule has 26 heavy (non-hydrogen) atoms. The van der Waals surface area contributed by atoms with Crippen molar-refractivity contribution in [3.63, 3.8) is 0 Å². The number of carbonyl (C=O) groups excluding carboxylic acids is 2. The van der Waals surface area contributed by atoms with Crippen LogP contribution in [0.15, 0.2) is 30.3 Å². The molecular weight excluding hydrogens is 330 g/mol. The Morgan fingerprint density at radius 1 is 1.12 bits per heavy atom. The van der Waals surface area contributed by atoms with Crippen LogP contribution < -0.4 is 5.32 Å². The van der Waals surface area contributed by atoms with Gasteiger partial charge in [-0.3, -0.25) is 14.5 Å². The van der Waals surface area contributed by atoms with Crippen molar-refractivity contribution in [1.29, 1.82) is 0 Å². The minimum atomic E-state index is -0.144. The van der Waals surface area contributed by atoms with Gasteiger partial charge in [0, 0.05) is 24.7 Å². The molecule has 1 aromatic carbocycles. The number of nitrogens with one attached hydrogen (secondary N) is 1. The van der Waals surface area contributed by atoms with Gasteiger partial charge in [-0.15, -0.1) is 0 Å². The Morgan fingerprint density at radius 3 is 2.38 bits per heavy atom. The predicted octanol–water partition coefficient (Wildman–Crippen LogP) is 1.97. The van der Waals surface area contributed by atoms with Crippen LogP contribution in [0.3, 0.4) is 0 Å². The normalized spacial score (nSPS) is 20.6. The second kappa shape index (κ2) is 9.14. The van der Waals surface area contributed by atoms with Gasteiger partial charge in [-0.05, 0) is 44.5 Å². The van der Waals surface area contributed by atoms with Crippen LogP contribution in [0.1, 0.15) is 26.2 Å². The molecule has 142 valence electrons. The number of anilines is 1. The summed E-state index contributed by atoms with van der Waals surface area (Å²) in [6, 6.07) is 9.42. The van der Waals surface area contributed by atoms with Crippen molar-refractivity contribution in [3.8, 4) is 0 Å². The summed E-state index contributed by atoms with van der Waals surface area (Å²) in [6.07, 6.45) is 2.41. The van der Waals surface area contributed by atoms with Crippen molar-refractivity contribution in [3.05, 3.63) is 30.3 Å². The van der Waals surface area contributed by atoms with Crippen LogP contribution in [0.4, 0.5) is 5.69 Å². The van der Waals surface area contributed by atoms with E-state index in [0.717, 1.165) is 38.0 Å². The van der Waals surface area contributed by atoms with E-state index >= 15 is 0 Å². The number of nitrogens with zero attached hydrogens (tertiary/aromatic N) is 2. The van der Waals surface area contributed by atoms with Crippen LogP contribution in [-0.4, -0.2) is 67.0 Å². The highest BCUT2D eigenvalue weighted by atomic mass is 16.5. The summed E-state index contributed by atoms with van der Waals surface area (Å²) in [7, 11) is 0. The zero-order valence-electron chi connectivity index (χ0n) is 15.5. The zero-order valence-corrected chi connectivity index (χ0v) is 15.5. The number of para-hydroxylation sites is 1. The molecule has 0 bridgehead atoms. The van der Waals surface area contributed by atoms with E-state index in [0.29, 0.717) is 26.3 Å². The number of hydrogen-bond acceptors (Lipinski definition) is 4. The summed E-state index contributed by atoms with van der Waals surface area (Å²) in [6.45, 7) is 6.32. The van der Waals surface area contributed by atoms with Gasteiger partial charge in [0.2, 0.25) is 11.8 Å². The maximum absolute atomic E-state index is 12.7. The average Bonchev–Trinajstić information content (AvgIpc) is 2.70. The van der Waals surface area contributed by atoms with Gasteiger partial charge in [0.1, 0.15) is 0 Å². The zero-order chi connectivity index (χ0) is 18.4. The van der Waals surface area contributed by atoms with Crippen molar-refractivity contribution in [1.82, 2.24) is 9.80 Å². The quantitative estimate of drug-likeness (QED) is 0.873. The monoisotopic (exact) mass is 359 g/mol. The lowest BCUT2D eigenvalue weighted by Gasteiger charge is -2.38. The molecule has 0 saturated carbocycles. The fourth-order valence-corrected chi connectivity index (χ4v) is 3.86. The van der Waals surface area contributed by atoms with Gasteiger partial charge in [-0.2, -0.15) is 0 Å².